The number of anilines is 1. The Bertz CT molecular complexity index is 781. The number of rotatable bonds is 4. The van der Waals surface area contributed by atoms with Gasteiger partial charge in [0.1, 0.15) is 5.82 Å². The zero-order chi connectivity index (χ0) is 15.5. The van der Waals surface area contributed by atoms with Crippen molar-refractivity contribution in [1.82, 2.24) is 10.2 Å². The number of nitrogens with zero attached hydrogens (tertiary/aromatic N) is 2. The highest BCUT2D eigenvalue weighted by molar-refractivity contribution is 5.54. The van der Waals surface area contributed by atoms with Crippen molar-refractivity contribution in [2.75, 3.05) is 5.32 Å². The number of aryl methyl sites for hydroxylation is 1. The molecule has 112 valence electrons. The second kappa shape index (κ2) is 5.97. The quantitative estimate of drug-likeness (QED) is 0.787. The molecule has 0 bridgehead atoms. The summed E-state index contributed by atoms with van der Waals surface area (Å²) in [6.07, 6.45) is 0. The molecule has 0 saturated carbocycles. The van der Waals surface area contributed by atoms with Gasteiger partial charge in [-0.2, -0.15) is 0 Å². The van der Waals surface area contributed by atoms with E-state index in [1.165, 1.54) is 23.3 Å². The molecule has 0 aliphatic carbocycles. The van der Waals surface area contributed by atoms with Gasteiger partial charge in [-0.15, -0.1) is 10.2 Å². The molecule has 2 aromatic carbocycles. The molecule has 0 unspecified atom stereocenters. The Morgan fingerprint density at radius 1 is 1.05 bits per heavy atom. The monoisotopic (exact) mass is 297 g/mol. The second-order valence-electron chi connectivity index (χ2n) is 5.11. The Balaban J connectivity index is 1.72. The molecule has 0 fully saturated rings. The fraction of sp³-hybridized carbons (Fsp3) is 0.176. The SMILES string of the molecule is Cc1cccc(NCc2nnc(-c3ccc(F)cc3)o2)c1C. The van der Waals surface area contributed by atoms with Crippen molar-refractivity contribution < 1.29 is 8.81 Å². The summed E-state index contributed by atoms with van der Waals surface area (Å²) in [6.45, 7) is 4.58. The lowest BCUT2D eigenvalue weighted by Crippen LogP contribution is -2.02. The molecule has 1 aromatic heterocycles. The number of nitrogens with one attached hydrogen (secondary N) is 1. The predicted octanol–water partition coefficient (Wildman–Crippen LogP) is 4.10. The molecule has 1 N–H and O–H groups in total. The van der Waals surface area contributed by atoms with E-state index in [9.17, 15) is 4.39 Å². The highest BCUT2D eigenvalue weighted by atomic mass is 19.1. The molecule has 0 aliphatic rings. The third kappa shape index (κ3) is 2.98. The lowest BCUT2D eigenvalue weighted by molar-refractivity contribution is 0.515. The van der Waals surface area contributed by atoms with E-state index in [0.29, 0.717) is 23.9 Å². The number of halogens is 1. The van der Waals surface area contributed by atoms with E-state index in [1.54, 1.807) is 12.1 Å². The molecule has 4 nitrogen and oxygen atoms in total. The molecule has 1 heterocycles. The molecular weight excluding hydrogens is 281 g/mol. The lowest BCUT2D eigenvalue weighted by Gasteiger charge is -2.09. The molecule has 3 aromatic rings. The topological polar surface area (TPSA) is 51.0 Å². The highest BCUT2D eigenvalue weighted by Crippen LogP contribution is 2.21. The molecule has 5 heteroatoms. The van der Waals surface area contributed by atoms with Gasteiger partial charge < -0.3 is 9.73 Å². The maximum Gasteiger partial charge on any atom is 0.247 e. The Morgan fingerprint density at radius 2 is 1.82 bits per heavy atom. The van der Waals surface area contributed by atoms with Gasteiger partial charge in [0.2, 0.25) is 11.8 Å². The molecule has 0 radical (unpaired) electrons. The van der Waals surface area contributed by atoms with Gasteiger partial charge in [-0.3, -0.25) is 0 Å². The van der Waals surface area contributed by atoms with Crippen LogP contribution < -0.4 is 5.32 Å². The average molecular weight is 297 g/mol. The van der Waals surface area contributed by atoms with Crippen LogP contribution in [0, 0.1) is 19.7 Å². The zero-order valence-corrected chi connectivity index (χ0v) is 12.4. The van der Waals surface area contributed by atoms with Crippen LogP contribution in [0.25, 0.3) is 11.5 Å². The Kier molecular flexibility index (Phi) is 3.87. The van der Waals surface area contributed by atoms with Gasteiger partial charge >= 0.3 is 0 Å². The highest BCUT2D eigenvalue weighted by Gasteiger charge is 2.09. The first-order valence-electron chi connectivity index (χ1n) is 7.02. The first-order valence-corrected chi connectivity index (χ1v) is 7.02. The summed E-state index contributed by atoms with van der Waals surface area (Å²) in [5.41, 5.74) is 4.16. The minimum absolute atomic E-state index is 0.292. The lowest BCUT2D eigenvalue weighted by atomic mass is 10.1. The number of hydrogen-bond acceptors (Lipinski definition) is 4. The van der Waals surface area contributed by atoms with Crippen molar-refractivity contribution in [3.05, 3.63) is 65.3 Å². The Morgan fingerprint density at radius 3 is 2.59 bits per heavy atom. The summed E-state index contributed by atoms with van der Waals surface area (Å²) in [5.74, 6) is 0.582. The summed E-state index contributed by atoms with van der Waals surface area (Å²) >= 11 is 0. The number of hydrogen-bond donors (Lipinski definition) is 1. The summed E-state index contributed by atoms with van der Waals surface area (Å²) < 4.78 is 18.5. The first kappa shape index (κ1) is 14.3. The normalized spacial score (nSPS) is 10.7. The van der Waals surface area contributed by atoms with Crippen molar-refractivity contribution in [1.29, 1.82) is 0 Å². The van der Waals surface area contributed by atoms with Crippen LogP contribution in [0.5, 0.6) is 0 Å². The van der Waals surface area contributed by atoms with Crippen molar-refractivity contribution in [2.24, 2.45) is 0 Å². The van der Waals surface area contributed by atoms with Crippen molar-refractivity contribution in [3.8, 4) is 11.5 Å². The minimum atomic E-state index is -0.292. The first-order chi connectivity index (χ1) is 10.6. The Hall–Kier alpha value is -2.69. The average Bonchev–Trinajstić information content (AvgIpc) is 2.98. The molecule has 0 atom stereocenters. The van der Waals surface area contributed by atoms with Gasteiger partial charge in [0.25, 0.3) is 0 Å². The van der Waals surface area contributed by atoms with Gasteiger partial charge in [0, 0.05) is 11.3 Å². The van der Waals surface area contributed by atoms with Gasteiger partial charge in [-0.1, -0.05) is 12.1 Å². The third-order valence-corrected chi connectivity index (χ3v) is 3.59. The molecular formula is C17H16FN3O. The summed E-state index contributed by atoms with van der Waals surface area (Å²) in [7, 11) is 0. The molecule has 0 amide bonds. The minimum Gasteiger partial charge on any atom is -0.419 e. The molecule has 3 rings (SSSR count). The fourth-order valence-electron chi connectivity index (χ4n) is 2.15. The summed E-state index contributed by atoms with van der Waals surface area (Å²) in [6, 6.07) is 12.1. The van der Waals surface area contributed by atoms with Crippen LogP contribution >= 0.6 is 0 Å². The maximum atomic E-state index is 12.9. The van der Waals surface area contributed by atoms with Crippen LogP contribution in [0.4, 0.5) is 10.1 Å². The van der Waals surface area contributed by atoms with Crippen LogP contribution in [0.2, 0.25) is 0 Å². The molecule has 0 aliphatic heterocycles. The van der Waals surface area contributed by atoms with Crippen LogP contribution in [-0.4, -0.2) is 10.2 Å². The van der Waals surface area contributed by atoms with Crippen molar-refractivity contribution in [3.63, 3.8) is 0 Å². The van der Waals surface area contributed by atoms with E-state index in [-0.39, 0.29) is 5.82 Å². The second-order valence-corrected chi connectivity index (χ2v) is 5.11. The van der Waals surface area contributed by atoms with E-state index < -0.39 is 0 Å². The van der Waals surface area contributed by atoms with Crippen molar-refractivity contribution in [2.45, 2.75) is 20.4 Å². The Labute approximate surface area is 128 Å². The van der Waals surface area contributed by atoms with Crippen LogP contribution in [0.3, 0.4) is 0 Å². The van der Waals surface area contributed by atoms with Gasteiger partial charge in [0.05, 0.1) is 6.54 Å². The summed E-state index contributed by atoms with van der Waals surface area (Å²) in [4.78, 5) is 0. The van der Waals surface area contributed by atoms with Gasteiger partial charge in [-0.05, 0) is 55.3 Å². The van der Waals surface area contributed by atoms with E-state index >= 15 is 0 Å². The van der Waals surface area contributed by atoms with Crippen LogP contribution in [-0.2, 0) is 6.54 Å². The van der Waals surface area contributed by atoms with Crippen LogP contribution in [0.1, 0.15) is 17.0 Å². The van der Waals surface area contributed by atoms with Crippen LogP contribution in [0.15, 0.2) is 46.9 Å². The zero-order valence-electron chi connectivity index (χ0n) is 12.4. The van der Waals surface area contributed by atoms with E-state index in [4.69, 9.17) is 4.42 Å². The van der Waals surface area contributed by atoms with Crippen molar-refractivity contribution >= 4 is 5.69 Å². The van der Waals surface area contributed by atoms with Gasteiger partial charge in [0.15, 0.2) is 0 Å². The summed E-state index contributed by atoms with van der Waals surface area (Å²) in [5, 5.41) is 11.3. The number of aromatic nitrogens is 2. The van der Waals surface area contributed by atoms with E-state index in [2.05, 4.69) is 35.4 Å². The van der Waals surface area contributed by atoms with E-state index in [1.807, 2.05) is 12.1 Å². The molecule has 0 spiro atoms. The van der Waals surface area contributed by atoms with Gasteiger partial charge in [-0.25, -0.2) is 4.39 Å². The molecule has 0 saturated heterocycles. The largest absolute Gasteiger partial charge is 0.419 e. The third-order valence-electron chi connectivity index (χ3n) is 3.59. The smallest absolute Gasteiger partial charge is 0.247 e. The maximum absolute atomic E-state index is 12.9. The van der Waals surface area contributed by atoms with E-state index in [0.717, 1.165) is 5.69 Å². The fourth-order valence-corrected chi connectivity index (χ4v) is 2.15. The standard InChI is InChI=1S/C17H16FN3O/c1-11-4-3-5-15(12(11)2)19-10-16-20-21-17(22-16)13-6-8-14(18)9-7-13/h3-9,19H,10H2,1-2H3. The predicted molar refractivity (Wildman–Crippen MR) is 82.9 cm³/mol. The molecule has 22 heavy (non-hydrogen) atoms. The number of benzene rings is 2.